The molecule has 1 aromatic heterocycles. The van der Waals surface area contributed by atoms with Gasteiger partial charge in [-0.25, -0.2) is 0 Å². The number of furan rings is 1. The van der Waals surface area contributed by atoms with Crippen molar-refractivity contribution in [3.8, 4) is 5.75 Å². The Kier molecular flexibility index (Phi) is 6.87. The van der Waals surface area contributed by atoms with E-state index in [1.165, 1.54) is 6.42 Å². The Labute approximate surface area is 202 Å². The lowest BCUT2D eigenvalue weighted by Crippen LogP contribution is -2.46. The van der Waals surface area contributed by atoms with Gasteiger partial charge in [-0.15, -0.1) is 0 Å². The number of aliphatic hydroxyl groups excluding tert-OH is 1. The molecule has 0 bridgehead atoms. The lowest BCUT2D eigenvalue weighted by Gasteiger charge is -2.43. The number of aliphatic hydroxyl groups is 1. The Bertz CT molecular complexity index is 1020. The predicted octanol–water partition coefficient (Wildman–Crippen LogP) is 4.02. The molecule has 1 aliphatic carbocycles. The van der Waals surface area contributed by atoms with Crippen molar-refractivity contribution in [2.24, 2.45) is 0 Å². The van der Waals surface area contributed by atoms with Gasteiger partial charge in [-0.2, -0.15) is 0 Å². The minimum atomic E-state index is -0.606. The number of likely N-dealkylation sites (N-methyl/N-ethyl adjacent to an activating group) is 1. The zero-order chi connectivity index (χ0) is 23.7. The third-order valence-electron chi connectivity index (χ3n) is 8.14. The van der Waals surface area contributed by atoms with Crippen molar-refractivity contribution in [1.29, 1.82) is 0 Å². The highest BCUT2D eigenvalue weighted by molar-refractivity contribution is 6.00. The van der Waals surface area contributed by atoms with Crippen LogP contribution in [0.25, 0.3) is 11.0 Å². The quantitative estimate of drug-likeness (QED) is 0.623. The first-order chi connectivity index (χ1) is 16.5. The fourth-order valence-electron chi connectivity index (χ4n) is 6.13. The monoisotopic (exact) mass is 469 g/mol. The lowest BCUT2D eigenvalue weighted by atomic mass is 9.77. The summed E-state index contributed by atoms with van der Waals surface area (Å²) in [6, 6.07) is 3.78. The number of hydrogen-bond acceptors (Lipinski definition) is 6. The molecule has 2 aliphatic heterocycles. The van der Waals surface area contributed by atoms with Crippen molar-refractivity contribution < 1.29 is 19.1 Å². The zero-order valence-electron chi connectivity index (χ0n) is 20.7. The molecule has 1 spiro atoms. The summed E-state index contributed by atoms with van der Waals surface area (Å²) in [5.74, 6) is 0.894. The molecule has 7 nitrogen and oxygen atoms in total. The Morgan fingerprint density at radius 1 is 1.15 bits per heavy atom. The summed E-state index contributed by atoms with van der Waals surface area (Å²) >= 11 is 0. The van der Waals surface area contributed by atoms with Crippen LogP contribution in [-0.4, -0.2) is 72.2 Å². The number of piperazine rings is 1. The van der Waals surface area contributed by atoms with E-state index in [2.05, 4.69) is 22.0 Å². The number of nitrogens with zero attached hydrogens (tertiary/aromatic N) is 2. The Morgan fingerprint density at radius 2 is 1.88 bits per heavy atom. The van der Waals surface area contributed by atoms with Gasteiger partial charge in [0.25, 0.3) is 5.91 Å². The second-order valence-corrected chi connectivity index (χ2v) is 10.4. The summed E-state index contributed by atoms with van der Waals surface area (Å²) in [5.41, 5.74) is 1.94. The van der Waals surface area contributed by atoms with E-state index in [1.54, 1.807) is 0 Å². The number of benzene rings is 1. The lowest BCUT2D eigenvalue weighted by molar-refractivity contribution is -0.0373. The normalized spacial score (nSPS) is 23.1. The van der Waals surface area contributed by atoms with E-state index in [0.29, 0.717) is 24.3 Å². The summed E-state index contributed by atoms with van der Waals surface area (Å²) in [4.78, 5) is 17.9. The number of carbonyl (C=O) groups excluding carboxylic acids is 1. The minimum Gasteiger partial charge on any atom is -0.487 e. The smallest absolute Gasteiger partial charge is 0.287 e. The molecule has 1 atom stereocenters. The summed E-state index contributed by atoms with van der Waals surface area (Å²) in [7, 11) is 0. The Balaban J connectivity index is 1.24. The molecule has 3 heterocycles. The Hall–Kier alpha value is -2.09. The van der Waals surface area contributed by atoms with Crippen molar-refractivity contribution in [2.75, 3.05) is 45.8 Å². The minimum absolute atomic E-state index is 0.187. The zero-order valence-corrected chi connectivity index (χ0v) is 20.7. The number of fused-ring (bicyclic) bond motifs is 3. The average Bonchev–Trinajstić information content (AvgIpc) is 3.19. The van der Waals surface area contributed by atoms with Crippen LogP contribution in [-0.2, 0) is 0 Å². The van der Waals surface area contributed by atoms with Gasteiger partial charge in [0.15, 0.2) is 5.76 Å². The molecule has 3 aliphatic rings. The number of ether oxygens (including phenoxy) is 1. The molecule has 34 heavy (non-hydrogen) atoms. The first-order valence-electron chi connectivity index (χ1n) is 13.2. The first-order valence-corrected chi connectivity index (χ1v) is 13.2. The van der Waals surface area contributed by atoms with Gasteiger partial charge in [0.2, 0.25) is 0 Å². The number of rotatable bonds is 6. The fourth-order valence-corrected chi connectivity index (χ4v) is 6.13. The summed E-state index contributed by atoms with van der Waals surface area (Å²) in [6.07, 6.45) is 6.44. The Morgan fingerprint density at radius 3 is 2.62 bits per heavy atom. The van der Waals surface area contributed by atoms with Crippen LogP contribution in [0, 0.1) is 6.92 Å². The van der Waals surface area contributed by atoms with Gasteiger partial charge >= 0.3 is 0 Å². The fraction of sp³-hybridized carbons (Fsp3) is 0.667. The molecule has 186 valence electrons. The molecule has 0 unspecified atom stereocenters. The van der Waals surface area contributed by atoms with E-state index < -0.39 is 6.10 Å². The second-order valence-electron chi connectivity index (χ2n) is 10.4. The number of amides is 1. The molecule has 1 saturated heterocycles. The molecule has 2 aromatic rings. The van der Waals surface area contributed by atoms with Gasteiger partial charge in [-0.1, -0.05) is 13.3 Å². The van der Waals surface area contributed by atoms with Crippen molar-refractivity contribution in [3.63, 3.8) is 0 Å². The molecule has 2 fully saturated rings. The van der Waals surface area contributed by atoms with E-state index in [0.717, 1.165) is 93.6 Å². The van der Waals surface area contributed by atoms with Crippen molar-refractivity contribution in [3.05, 3.63) is 29.0 Å². The third-order valence-corrected chi connectivity index (χ3v) is 8.14. The van der Waals surface area contributed by atoms with Crippen LogP contribution in [0.3, 0.4) is 0 Å². The maximum absolute atomic E-state index is 12.9. The second kappa shape index (κ2) is 9.88. The maximum Gasteiger partial charge on any atom is 0.287 e. The van der Waals surface area contributed by atoms with Crippen LogP contribution in [0.4, 0.5) is 0 Å². The molecule has 5 rings (SSSR count). The molecular formula is C27H39N3O4. The van der Waals surface area contributed by atoms with E-state index in [4.69, 9.17) is 9.15 Å². The molecule has 1 aromatic carbocycles. The van der Waals surface area contributed by atoms with E-state index >= 15 is 0 Å². The van der Waals surface area contributed by atoms with Crippen LogP contribution >= 0.6 is 0 Å². The van der Waals surface area contributed by atoms with Crippen LogP contribution in [0.1, 0.15) is 79.7 Å². The highest BCUT2D eigenvalue weighted by Crippen LogP contribution is 2.49. The SMILES string of the molecule is CCN1CCN(CCCNC(=O)c2oc3ccc4c(c3c2C)[C@@H](O)CC2(CCCCC2)O4)CC1. The van der Waals surface area contributed by atoms with Gasteiger partial charge in [0.05, 0.1) is 6.10 Å². The van der Waals surface area contributed by atoms with E-state index in [9.17, 15) is 9.90 Å². The van der Waals surface area contributed by atoms with Crippen LogP contribution in [0.15, 0.2) is 16.5 Å². The number of aryl methyl sites for hydroxylation is 1. The van der Waals surface area contributed by atoms with E-state index in [1.807, 2.05) is 19.1 Å². The van der Waals surface area contributed by atoms with Gasteiger partial charge in [0, 0.05) is 55.7 Å². The van der Waals surface area contributed by atoms with Gasteiger partial charge in [-0.05, 0) is 64.3 Å². The predicted molar refractivity (Wildman–Crippen MR) is 132 cm³/mol. The summed E-state index contributed by atoms with van der Waals surface area (Å²) in [6.45, 7) is 11.3. The number of carbonyl (C=O) groups is 1. The van der Waals surface area contributed by atoms with E-state index in [-0.39, 0.29) is 11.5 Å². The molecule has 1 saturated carbocycles. The highest BCUT2D eigenvalue weighted by atomic mass is 16.5. The standard InChI is InChI=1S/C27H39N3O4/c1-3-29-14-16-30(17-15-29)13-7-12-28-26(32)25-19(2)23-21(33-25)8-9-22-24(23)20(31)18-27(34-22)10-5-4-6-11-27/h8-9,20,31H,3-7,10-18H2,1-2H3,(H,28,32)/t20-/m0/s1. The molecule has 0 radical (unpaired) electrons. The topological polar surface area (TPSA) is 78.2 Å². The summed E-state index contributed by atoms with van der Waals surface area (Å²) in [5, 5.41) is 15.0. The van der Waals surface area contributed by atoms with Gasteiger partial charge < -0.3 is 29.4 Å². The highest BCUT2D eigenvalue weighted by Gasteiger charge is 2.42. The summed E-state index contributed by atoms with van der Waals surface area (Å²) < 4.78 is 12.5. The van der Waals surface area contributed by atoms with Crippen molar-refractivity contribution >= 4 is 16.9 Å². The average molecular weight is 470 g/mol. The molecular weight excluding hydrogens is 430 g/mol. The number of nitrogens with one attached hydrogen (secondary N) is 1. The van der Waals surface area contributed by atoms with Gasteiger partial charge in [0.1, 0.15) is 16.9 Å². The first kappa shape index (κ1) is 23.6. The van der Waals surface area contributed by atoms with Crippen molar-refractivity contribution in [2.45, 2.75) is 70.5 Å². The van der Waals surface area contributed by atoms with Crippen LogP contribution < -0.4 is 10.1 Å². The molecule has 2 N–H and O–H groups in total. The van der Waals surface area contributed by atoms with Crippen LogP contribution in [0.2, 0.25) is 0 Å². The molecule has 7 heteroatoms. The third kappa shape index (κ3) is 4.58. The number of hydrogen-bond donors (Lipinski definition) is 2. The largest absolute Gasteiger partial charge is 0.487 e. The maximum atomic E-state index is 12.9. The van der Waals surface area contributed by atoms with Crippen LogP contribution in [0.5, 0.6) is 5.75 Å². The van der Waals surface area contributed by atoms with Crippen molar-refractivity contribution in [1.82, 2.24) is 15.1 Å². The molecule has 1 amide bonds. The van der Waals surface area contributed by atoms with Gasteiger partial charge in [-0.3, -0.25) is 4.79 Å².